The van der Waals surface area contributed by atoms with Crippen LogP contribution in [0.2, 0.25) is 0 Å². The Morgan fingerprint density at radius 2 is 2.00 bits per heavy atom. The predicted molar refractivity (Wildman–Crippen MR) is 75.0 cm³/mol. The third-order valence-corrected chi connectivity index (χ3v) is 4.01. The summed E-state index contributed by atoms with van der Waals surface area (Å²) in [5.41, 5.74) is 1.60. The van der Waals surface area contributed by atoms with E-state index in [0.717, 1.165) is 11.3 Å². The van der Waals surface area contributed by atoms with Crippen LogP contribution in [-0.4, -0.2) is 33.0 Å². The maximum atomic E-state index is 11.6. The molecule has 0 saturated heterocycles. The lowest BCUT2D eigenvalue weighted by Crippen LogP contribution is -2.10. The van der Waals surface area contributed by atoms with Gasteiger partial charge in [-0.15, -0.1) is 10.2 Å². The van der Waals surface area contributed by atoms with E-state index in [1.165, 1.54) is 4.57 Å². The lowest BCUT2D eigenvalue weighted by atomic mass is 10.2. The molecule has 0 aliphatic rings. The predicted octanol–water partition coefficient (Wildman–Crippen LogP) is 1.75. The zero-order valence-electron chi connectivity index (χ0n) is 11.7. The van der Waals surface area contributed by atoms with Gasteiger partial charge in [-0.05, 0) is 20.3 Å². The van der Waals surface area contributed by atoms with Crippen LogP contribution in [0.3, 0.4) is 0 Å². The summed E-state index contributed by atoms with van der Waals surface area (Å²) in [7, 11) is 3.27. The van der Waals surface area contributed by atoms with Gasteiger partial charge in [0, 0.05) is 30.0 Å². The second-order valence-electron chi connectivity index (χ2n) is 4.72. The van der Waals surface area contributed by atoms with Crippen molar-refractivity contribution in [2.45, 2.75) is 38.4 Å². The molecule has 0 aromatic carbocycles. The Morgan fingerprint density at radius 1 is 1.35 bits per heavy atom. The molecule has 110 valence electrons. The van der Waals surface area contributed by atoms with Gasteiger partial charge in [0.1, 0.15) is 0 Å². The summed E-state index contributed by atoms with van der Waals surface area (Å²) in [6, 6.07) is -0.145. The van der Waals surface area contributed by atoms with Gasteiger partial charge in [-0.3, -0.25) is 9.25 Å². The Hall–Kier alpha value is -1.41. The fourth-order valence-electron chi connectivity index (χ4n) is 2.07. The monoisotopic (exact) mass is 317 g/mol. The summed E-state index contributed by atoms with van der Waals surface area (Å²) >= 11 is 0. The highest BCUT2D eigenvalue weighted by atomic mass is 35.7. The molecule has 2 heterocycles. The average Bonchev–Trinajstić information content (AvgIpc) is 2.90. The lowest BCUT2D eigenvalue weighted by molar-refractivity contribution is 0.530. The molecule has 9 heteroatoms. The largest absolute Gasteiger partial charge is 0.296 e. The van der Waals surface area contributed by atoms with Crippen molar-refractivity contribution in [2.75, 3.05) is 0 Å². The molecular weight excluding hydrogens is 302 g/mol. The molecule has 0 amide bonds. The van der Waals surface area contributed by atoms with E-state index >= 15 is 0 Å². The smallest absolute Gasteiger partial charge is 0.294 e. The third kappa shape index (κ3) is 2.57. The zero-order chi connectivity index (χ0) is 15.1. The first kappa shape index (κ1) is 15.0. The number of nitrogens with zero attached hydrogens (tertiary/aromatic N) is 5. The number of hydrogen-bond donors (Lipinski definition) is 0. The van der Waals surface area contributed by atoms with Crippen molar-refractivity contribution < 1.29 is 8.42 Å². The van der Waals surface area contributed by atoms with Gasteiger partial charge >= 0.3 is 0 Å². The molecule has 0 spiro atoms. The molecule has 20 heavy (non-hydrogen) atoms. The average molecular weight is 318 g/mol. The van der Waals surface area contributed by atoms with Gasteiger partial charge in [-0.1, -0.05) is 6.92 Å². The van der Waals surface area contributed by atoms with Crippen LogP contribution in [0.1, 0.15) is 32.5 Å². The van der Waals surface area contributed by atoms with E-state index in [1.54, 1.807) is 17.9 Å². The van der Waals surface area contributed by atoms with Crippen molar-refractivity contribution in [3.63, 3.8) is 0 Å². The van der Waals surface area contributed by atoms with E-state index in [0.29, 0.717) is 12.2 Å². The molecule has 0 N–H and O–H groups in total. The van der Waals surface area contributed by atoms with Crippen LogP contribution in [0, 0.1) is 0 Å². The van der Waals surface area contributed by atoms with Gasteiger partial charge in [0.2, 0.25) is 0 Å². The molecule has 0 fully saturated rings. The molecule has 0 saturated carbocycles. The number of halogens is 1. The van der Waals surface area contributed by atoms with Crippen LogP contribution >= 0.6 is 10.7 Å². The van der Waals surface area contributed by atoms with Crippen LogP contribution in [0.4, 0.5) is 0 Å². The SMILES string of the molecule is CCc1nn(C)cc1-c1nnc(S(=O)(=O)Cl)n1C(C)C. The van der Waals surface area contributed by atoms with E-state index in [2.05, 4.69) is 15.3 Å². The Balaban J connectivity index is 2.72. The number of aromatic nitrogens is 5. The normalized spacial score (nSPS) is 12.3. The Morgan fingerprint density at radius 3 is 2.50 bits per heavy atom. The molecule has 0 aliphatic carbocycles. The molecule has 2 rings (SSSR count). The summed E-state index contributed by atoms with van der Waals surface area (Å²) in [6.45, 7) is 5.67. The molecule has 7 nitrogen and oxygen atoms in total. The van der Waals surface area contributed by atoms with Crippen molar-refractivity contribution in [2.24, 2.45) is 7.05 Å². The van der Waals surface area contributed by atoms with Crippen molar-refractivity contribution in [1.29, 1.82) is 0 Å². The Kier molecular flexibility index (Phi) is 3.88. The van der Waals surface area contributed by atoms with E-state index in [-0.39, 0.29) is 11.2 Å². The van der Waals surface area contributed by atoms with Crippen molar-refractivity contribution in [3.05, 3.63) is 11.9 Å². The topological polar surface area (TPSA) is 82.7 Å². The van der Waals surface area contributed by atoms with Gasteiger partial charge in [-0.25, -0.2) is 8.42 Å². The van der Waals surface area contributed by atoms with Gasteiger partial charge in [0.05, 0.1) is 11.3 Å². The van der Waals surface area contributed by atoms with Gasteiger partial charge < -0.3 is 0 Å². The zero-order valence-corrected chi connectivity index (χ0v) is 13.3. The molecule has 0 unspecified atom stereocenters. The van der Waals surface area contributed by atoms with Crippen molar-refractivity contribution in [3.8, 4) is 11.4 Å². The van der Waals surface area contributed by atoms with Gasteiger partial charge in [0.15, 0.2) is 5.82 Å². The fraction of sp³-hybridized carbons (Fsp3) is 0.545. The maximum absolute atomic E-state index is 11.6. The molecule has 2 aromatic rings. The quantitative estimate of drug-likeness (QED) is 0.802. The molecule has 0 bridgehead atoms. The summed E-state index contributed by atoms with van der Waals surface area (Å²) in [6.07, 6.45) is 2.51. The Labute approximate surface area is 122 Å². The highest BCUT2D eigenvalue weighted by Crippen LogP contribution is 2.28. The van der Waals surface area contributed by atoms with Crippen LogP contribution < -0.4 is 0 Å². The first-order valence-corrected chi connectivity index (χ1v) is 8.49. The summed E-state index contributed by atoms with van der Waals surface area (Å²) in [5, 5.41) is 11.8. The second-order valence-corrected chi connectivity index (χ2v) is 7.18. The first-order chi connectivity index (χ1) is 9.25. The minimum absolute atomic E-state index is 0.145. The van der Waals surface area contributed by atoms with Crippen LogP contribution in [-0.2, 0) is 22.5 Å². The van der Waals surface area contributed by atoms with Gasteiger partial charge in [-0.2, -0.15) is 5.10 Å². The Bertz CT molecular complexity index is 732. The van der Waals surface area contributed by atoms with E-state index in [1.807, 2.05) is 20.8 Å². The van der Waals surface area contributed by atoms with Crippen molar-refractivity contribution >= 4 is 19.7 Å². The van der Waals surface area contributed by atoms with E-state index in [9.17, 15) is 8.42 Å². The molecule has 2 aromatic heterocycles. The second kappa shape index (κ2) is 5.17. The van der Waals surface area contributed by atoms with Crippen molar-refractivity contribution in [1.82, 2.24) is 24.5 Å². The van der Waals surface area contributed by atoms with Crippen LogP contribution in [0.5, 0.6) is 0 Å². The maximum Gasteiger partial charge on any atom is 0.296 e. The first-order valence-electron chi connectivity index (χ1n) is 6.18. The molecule has 0 atom stereocenters. The molecule has 0 radical (unpaired) electrons. The number of rotatable bonds is 4. The highest BCUT2D eigenvalue weighted by molar-refractivity contribution is 8.13. The number of hydrogen-bond acceptors (Lipinski definition) is 5. The van der Waals surface area contributed by atoms with E-state index < -0.39 is 9.05 Å². The standard InChI is InChI=1S/C11H16ClN5O2S/c1-5-9-8(6-16(4)15-9)10-13-14-11(20(12,18)19)17(10)7(2)3/h6-7H,5H2,1-4H3. The van der Waals surface area contributed by atoms with Crippen LogP contribution in [0.15, 0.2) is 11.4 Å². The van der Waals surface area contributed by atoms with Crippen LogP contribution in [0.25, 0.3) is 11.4 Å². The van der Waals surface area contributed by atoms with E-state index in [4.69, 9.17) is 10.7 Å². The third-order valence-electron chi connectivity index (χ3n) is 2.88. The lowest BCUT2D eigenvalue weighted by Gasteiger charge is -2.12. The van der Waals surface area contributed by atoms with Gasteiger partial charge in [0.25, 0.3) is 14.2 Å². The molecule has 0 aliphatic heterocycles. The molecular formula is C11H16ClN5O2S. The minimum Gasteiger partial charge on any atom is -0.294 e. The summed E-state index contributed by atoms with van der Waals surface area (Å²) in [5.74, 6) is 0.462. The summed E-state index contributed by atoms with van der Waals surface area (Å²) < 4.78 is 26.3. The fourth-order valence-corrected chi connectivity index (χ4v) is 3.06. The number of aryl methyl sites for hydroxylation is 2. The minimum atomic E-state index is -3.94. The highest BCUT2D eigenvalue weighted by Gasteiger charge is 2.26. The summed E-state index contributed by atoms with van der Waals surface area (Å²) in [4.78, 5) is 0.